The van der Waals surface area contributed by atoms with Crippen molar-refractivity contribution in [3.05, 3.63) is 156 Å². The first-order chi connectivity index (χ1) is 21.7. The molecule has 6 nitrogen and oxygen atoms in total. The van der Waals surface area contributed by atoms with Gasteiger partial charge in [0, 0.05) is 0 Å². The molecule has 2 aliphatic rings. The number of benzene rings is 4. The molecule has 4 aromatic rings. The molecule has 6 heteroatoms. The lowest BCUT2D eigenvalue weighted by molar-refractivity contribution is -0.363. The first-order valence-corrected chi connectivity index (χ1v) is 15.3. The average molecular weight is 593 g/mol. The van der Waals surface area contributed by atoms with Crippen LogP contribution >= 0.6 is 0 Å². The maximum atomic E-state index is 6.86. The summed E-state index contributed by atoms with van der Waals surface area (Å²) in [5.41, 5.74) is 4.26. The van der Waals surface area contributed by atoms with Crippen molar-refractivity contribution in [3.8, 4) is 0 Å². The molecular formula is C38H40O6. The second-order valence-electron chi connectivity index (χ2n) is 11.3. The van der Waals surface area contributed by atoms with Crippen molar-refractivity contribution >= 4 is 0 Å². The van der Waals surface area contributed by atoms with Crippen LogP contribution in [0.25, 0.3) is 0 Å². The van der Waals surface area contributed by atoms with Gasteiger partial charge >= 0.3 is 0 Å². The maximum absolute atomic E-state index is 6.86. The second-order valence-corrected chi connectivity index (χ2v) is 11.3. The van der Waals surface area contributed by atoms with Crippen molar-refractivity contribution in [1.29, 1.82) is 0 Å². The topological polar surface area (TPSA) is 55.4 Å². The molecule has 0 aliphatic carbocycles. The van der Waals surface area contributed by atoms with Crippen LogP contribution in [-0.2, 0) is 54.8 Å². The third kappa shape index (κ3) is 7.71. The lowest BCUT2D eigenvalue weighted by Crippen LogP contribution is -2.67. The monoisotopic (exact) mass is 592 g/mol. The van der Waals surface area contributed by atoms with Gasteiger partial charge in [0.1, 0.15) is 24.4 Å². The molecule has 6 atom stereocenters. The summed E-state index contributed by atoms with van der Waals surface area (Å²) in [6, 6.07) is 40.5. The SMILES string of the molecule is CC1C=C[C@]2(O1)O[C@H](COCc1ccccc1)[C@@H](OCc1ccccc1)[C@H](OCc1ccccc1)[C@H]2OCc1ccccc1. The zero-order chi connectivity index (χ0) is 30.0. The predicted octanol–water partition coefficient (Wildman–Crippen LogP) is 7.03. The highest BCUT2D eigenvalue weighted by Crippen LogP contribution is 2.42. The standard InChI is InChI=1S/C38H40O6/c1-29-22-23-38(43-29)37(42-27-33-20-12-5-13-21-33)36(41-26-32-18-10-4-11-19-32)35(40-25-31-16-8-3-9-17-31)34(44-38)28-39-24-30-14-6-2-7-15-30/h2-23,29,34-37H,24-28H2,1H3/t29?,34-,35-,36+,37-,38+/m1/s1. The minimum absolute atomic E-state index is 0.153. The fourth-order valence-electron chi connectivity index (χ4n) is 5.74. The van der Waals surface area contributed by atoms with E-state index in [0.29, 0.717) is 26.4 Å². The Morgan fingerprint density at radius 3 is 1.48 bits per heavy atom. The van der Waals surface area contributed by atoms with Crippen LogP contribution in [0.5, 0.6) is 0 Å². The van der Waals surface area contributed by atoms with Gasteiger partial charge in [0.2, 0.25) is 5.79 Å². The molecule has 0 aromatic heterocycles. The van der Waals surface area contributed by atoms with Crippen LogP contribution in [0.2, 0.25) is 0 Å². The Labute approximate surface area is 260 Å². The van der Waals surface area contributed by atoms with Gasteiger partial charge in [0.15, 0.2) is 0 Å². The molecule has 0 saturated carbocycles. The summed E-state index contributed by atoms with van der Waals surface area (Å²) in [4.78, 5) is 0. The molecule has 0 radical (unpaired) electrons. The van der Waals surface area contributed by atoms with Crippen LogP contribution in [0.1, 0.15) is 29.2 Å². The van der Waals surface area contributed by atoms with Gasteiger partial charge < -0.3 is 28.4 Å². The molecule has 228 valence electrons. The lowest BCUT2D eigenvalue weighted by atomic mass is 9.91. The molecule has 1 saturated heterocycles. The summed E-state index contributed by atoms with van der Waals surface area (Å²) in [6.45, 7) is 3.89. The van der Waals surface area contributed by atoms with Gasteiger partial charge in [-0.25, -0.2) is 0 Å². The Morgan fingerprint density at radius 1 is 0.545 bits per heavy atom. The van der Waals surface area contributed by atoms with Gasteiger partial charge in [-0.2, -0.15) is 0 Å². The molecule has 6 rings (SSSR count). The fourth-order valence-corrected chi connectivity index (χ4v) is 5.74. The normalized spacial score (nSPS) is 26.2. The Kier molecular flexibility index (Phi) is 10.3. The summed E-state index contributed by atoms with van der Waals surface area (Å²) in [5, 5.41) is 0. The number of ether oxygens (including phenoxy) is 6. The second kappa shape index (κ2) is 14.9. The Hall–Kier alpha value is -3.62. The Balaban J connectivity index is 1.31. The molecule has 0 bridgehead atoms. The number of hydrogen-bond acceptors (Lipinski definition) is 6. The maximum Gasteiger partial charge on any atom is 0.218 e. The van der Waals surface area contributed by atoms with Gasteiger partial charge in [-0.15, -0.1) is 0 Å². The van der Waals surface area contributed by atoms with Gasteiger partial charge in [0.05, 0.1) is 39.1 Å². The molecule has 2 aliphatic heterocycles. The van der Waals surface area contributed by atoms with Crippen molar-refractivity contribution in [1.82, 2.24) is 0 Å². The van der Waals surface area contributed by atoms with E-state index in [2.05, 4.69) is 36.4 Å². The molecule has 2 heterocycles. The minimum Gasteiger partial charge on any atom is -0.374 e. The van der Waals surface area contributed by atoms with Gasteiger partial charge in [-0.1, -0.05) is 127 Å². The molecule has 0 N–H and O–H groups in total. The van der Waals surface area contributed by atoms with E-state index in [-0.39, 0.29) is 12.7 Å². The molecule has 4 aromatic carbocycles. The van der Waals surface area contributed by atoms with E-state index in [4.69, 9.17) is 28.4 Å². The highest BCUT2D eigenvalue weighted by atomic mass is 16.7. The zero-order valence-electron chi connectivity index (χ0n) is 25.1. The van der Waals surface area contributed by atoms with Crippen LogP contribution in [0.3, 0.4) is 0 Å². The molecule has 1 spiro atoms. The molecule has 1 fully saturated rings. The van der Waals surface area contributed by atoms with E-state index < -0.39 is 30.2 Å². The summed E-state index contributed by atoms with van der Waals surface area (Å²) in [6.07, 6.45) is 1.70. The zero-order valence-corrected chi connectivity index (χ0v) is 25.1. The largest absolute Gasteiger partial charge is 0.374 e. The van der Waals surface area contributed by atoms with E-state index in [1.807, 2.05) is 104 Å². The van der Waals surface area contributed by atoms with Crippen molar-refractivity contribution in [2.45, 2.75) is 69.7 Å². The summed E-state index contributed by atoms with van der Waals surface area (Å²) < 4.78 is 39.9. The molecule has 0 amide bonds. The van der Waals surface area contributed by atoms with E-state index >= 15 is 0 Å². The predicted molar refractivity (Wildman–Crippen MR) is 168 cm³/mol. The van der Waals surface area contributed by atoms with Crippen LogP contribution in [-0.4, -0.2) is 42.9 Å². The first-order valence-electron chi connectivity index (χ1n) is 15.3. The highest BCUT2D eigenvalue weighted by molar-refractivity contribution is 5.19. The summed E-state index contributed by atoms with van der Waals surface area (Å²) in [7, 11) is 0. The fraction of sp³-hybridized carbons (Fsp3) is 0.316. The lowest BCUT2D eigenvalue weighted by Gasteiger charge is -2.50. The quantitative estimate of drug-likeness (QED) is 0.155. The molecular weight excluding hydrogens is 552 g/mol. The highest BCUT2D eigenvalue weighted by Gasteiger charge is 2.58. The summed E-state index contributed by atoms with van der Waals surface area (Å²) >= 11 is 0. The third-order valence-electron chi connectivity index (χ3n) is 7.93. The van der Waals surface area contributed by atoms with Crippen molar-refractivity contribution in [2.75, 3.05) is 6.61 Å². The smallest absolute Gasteiger partial charge is 0.218 e. The van der Waals surface area contributed by atoms with E-state index in [0.717, 1.165) is 22.3 Å². The van der Waals surface area contributed by atoms with Gasteiger partial charge in [-0.3, -0.25) is 0 Å². The first kappa shape index (κ1) is 30.4. The third-order valence-corrected chi connectivity index (χ3v) is 7.93. The average Bonchev–Trinajstić information content (AvgIpc) is 3.44. The van der Waals surface area contributed by atoms with E-state index in [1.54, 1.807) is 0 Å². The number of rotatable bonds is 13. The Morgan fingerprint density at radius 2 is 1.00 bits per heavy atom. The van der Waals surface area contributed by atoms with Crippen LogP contribution in [0.15, 0.2) is 133 Å². The molecule has 1 unspecified atom stereocenters. The van der Waals surface area contributed by atoms with Crippen molar-refractivity contribution < 1.29 is 28.4 Å². The van der Waals surface area contributed by atoms with E-state index in [1.165, 1.54) is 0 Å². The minimum atomic E-state index is -1.16. The number of hydrogen-bond donors (Lipinski definition) is 0. The summed E-state index contributed by atoms with van der Waals surface area (Å²) in [5.74, 6) is -1.16. The van der Waals surface area contributed by atoms with E-state index in [9.17, 15) is 0 Å². The van der Waals surface area contributed by atoms with Crippen LogP contribution in [0.4, 0.5) is 0 Å². The van der Waals surface area contributed by atoms with Crippen LogP contribution < -0.4 is 0 Å². The van der Waals surface area contributed by atoms with Gasteiger partial charge in [0.25, 0.3) is 0 Å². The molecule has 44 heavy (non-hydrogen) atoms. The van der Waals surface area contributed by atoms with Crippen LogP contribution in [0, 0.1) is 0 Å². The Bertz CT molecular complexity index is 1430. The van der Waals surface area contributed by atoms with Crippen molar-refractivity contribution in [2.24, 2.45) is 0 Å². The van der Waals surface area contributed by atoms with Crippen molar-refractivity contribution in [3.63, 3.8) is 0 Å². The van der Waals surface area contributed by atoms with Gasteiger partial charge in [-0.05, 0) is 35.3 Å².